The lowest BCUT2D eigenvalue weighted by Crippen LogP contribution is -2.51. The molecule has 1 saturated carbocycles. The van der Waals surface area contributed by atoms with E-state index < -0.39 is 17.4 Å². The highest BCUT2D eigenvalue weighted by atomic mass is 35.5. The number of ether oxygens (including phenoxy) is 1. The van der Waals surface area contributed by atoms with Crippen LogP contribution in [-0.2, 0) is 10.3 Å². The molecule has 1 unspecified atom stereocenters. The standard InChI is InChI=1S/C30H26Cl2N6O3/c1-14(2)37-26-25(36-27(37)19-13-34-21(16-5-6-16)11-24(19)41-4)28(39)38(23-10-18(32)12-33-15(23)3)30(26)20-8-7-17(31)9-22(20)35-29(30)40/h7-14,16H,5-6H2,1-4H3,(H,35,40). The van der Waals surface area contributed by atoms with E-state index in [4.69, 9.17) is 37.9 Å². The number of rotatable bonds is 5. The van der Waals surface area contributed by atoms with Crippen LogP contribution in [0, 0.1) is 6.92 Å². The Morgan fingerprint density at radius 2 is 1.85 bits per heavy atom. The van der Waals surface area contributed by atoms with Crippen molar-refractivity contribution >= 4 is 46.4 Å². The molecule has 0 saturated heterocycles. The van der Waals surface area contributed by atoms with Crippen LogP contribution in [0.15, 0.2) is 42.7 Å². The molecule has 41 heavy (non-hydrogen) atoms. The number of aryl methyl sites for hydroxylation is 1. The number of methoxy groups -OCH3 is 1. The maximum Gasteiger partial charge on any atom is 0.280 e. The van der Waals surface area contributed by atoms with Crippen LogP contribution in [0.5, 0.6) is 5.75 Å². The maximum atomic E-state index is 14.5. The molecule has 1 aliphatic carbocycles. The molecule has 3 aliphatic rings. The number of benzene rings is 1. The maximum absolute atomic E-state index is 14.5. The minimum absolute atomic E-state index is 0.166. The first-order valence-electron chi connectivity index (χ1n) is 13.4. The van der Waals surface area contributed by atoms with Gasteiger partial charge in [0.1, 0.15) is 11.6 Å². The van der Waals surface area contributed by atoms with Gasteiger partial charge in [0.05, 0.1) is 34.8 Å². The number of anilines is 2. The lowest BCUT2D eigenvalue weighted by molar-refractivity contribution is -0.119. The van der Waals surface area contributed by atoms with Crippen molar-refractivity contribution in [2.45, 2.75) is 51.1 Å². The fraction of sp³-hybridized carbons (Fsp3) is 0.300. The molecule has 5 heterocycles. The van der Waals surface area contributed by atoms with Gasteiger partial charge in [-0.15, -0.1) is 0 Å². The number of nitrogens with one attached hydrogen (secondary N) is 1. The number of amides is 2. The molecule has 1 spiro atoms. The van der Waals surface area contributed by atoms with Crippen molar-refractivity contribution in [3.8, 4) is 17.1 Å². The summed E-state index contributed by atoms with van der Waals surface area (Å²) in [7, 11) is 1.61. The summed E-state index contributed by atoms with van der Waals surface area (Å²) < 4.78 is 7.75. The molecule has 3 aromatic heterocycles. The minimum Gasteiger partial charge on any atom is -0.496 e. The summed E-state index contributed by atoms with van der Waals surface area (Å²) in [5.41, 5.74) is 2.72. The van der Waals surface area contributed by atoms with Gasteiger partial charge >= 0.3 is 0 Å². The number of carbonyl (C=O) groups excluding carboxylic acids is 2. The van der Waals surface area contributed by atoms with Crippen molar-refractivity contribution in [3.63, 3.8) is 0 Å². The van der Waals surface area contributed by atoms with E-state index in [0.717, 1.165) is 18.5 Å². The monoisotopic (exact) mass is 588 g/mol. The number of hydrogen-bond acceptors (Lipinski definition) is 6. The van der Waals surface area contributed by atoms with E-state index in [1.165, 1.54) is 11.1 Å². The molecule has 0 radical (unpaired) electrons. The highest BCUT2D eigenvalue weighted by Crippen LogP contribution is 2.55. The van der Waals surface area contributed by atoms with Crippen LogP contribution in [-0.4, -0.2) is 38.4 Å². The van der Waals surface area contributed by atoms with E-state index in [9.17, 15) is 9.59 Å². The Balaban J connectivity index is 1.55. The second kappa shape index (κ2) is 9.03. The molecule has 0 bridgehead atoms. The fourth-order valence-electron chi connectivity index (χ4n) is 6.12. The zero-order valence-corrected chi connectivity index (χ0v) is 24.3. The van der Waals surface area contributed by atoms with Gasteiger partial charge in [-0.25, -0.2) is 4.98 Å². The van der Waals surface area contributed by atoms with Crippen molar-refractivity contribution in [1.82, 2.24) is 19.5 Å². The molecular weight excluding hydrogens is 563 g/mol. The summed E-state index contributed by atoms with van der Waals surface area (Å²) in [6, 6.07) is 8.59. The number of hydrogen-bond donors (Lipinski definition) is 1. The third-order valence-electron chi connectivity index (χ3n) is 8.07. The Morgan fingerprint density at radius 3 is 2.56 bits per heavy atom. The Morgan fingerprint density at radius 1 is 1.07 bits per heavy atom. The highest BCUT2D eigenvalue weighted by molar-refractivity contribution is 6.32. The molecule has 7 rings (SSSR count). The van der Waals surface area contributed by atoms with Crippen LogP contribution in [0.3, 0.4) is 0 Å². The first-order chi connectivity index (χ1) is 19.7. The molecule has 1 fully saturated rings. The van der Waals surface area contributed by atoms with E-state index in [0.29, 0.717) is 61.4 Å². The van der Waals surface area contributed by atoms with Gasteiger partial charge in [-0.1, -0.05) is 29.3 Å². The summed E-state index contributed by atoms with van der Waals surface area (Å²) in [4.78, 5) is 44.4. The molecule has 2 aliphatic heterocycles. The lowest BCUT2D eigenvalue weighted by Gasteiger charge is -2.36. The van der Waals surface area contributed by atoms with Crippen molar-refractivity contribution in [3.05, 3.63) is 81.1 Å². The van der Waals surface area contributed by atoms with E-state index in [2.05, 4.69) is 10.3 Å². The Bertz CT molecular complexity index is 1800. The second-order valence-corrected chi connectivity index (χ2v) is 11.8. The lowest BCUT2D eigenvalue weighted by atomic mass is 9.87. The van der Waals surface area contributed by atoms with Gasteiger partial charge in [-0.3, -0.25) is 24.5 Å². The molecule has 11 heteroatoms. The van der Waals surface area contributed by atoms with Crippen molar-refractivity contribution in [2.24, 2.45) is 0 Å². The predicted octanol–water partition coefficient (Wildman–Crippen LogP) is 6.28. The topological polar surface area (TPSA) is 102 Å². The molecular formula is C30H26Cl2N6O3. The van der Waals surface area contributed by atoms with Crippen LogP contribution in [0.25, 0.3) is 11.4 Å². The third-order valence-corrected chi connectivity index (χ3v) is 8.51. The minimum atomic E-state index is -1.59. The average Bonchev–Trinajstić information content (AvgIpc) is 3.59. The fourth-order valence-corrected chi connectivity index (χ4v) is 6.44. The van der Waals surface area contributed by atoms with Gasteiger partial charge in [0, 0.05) is 52.4 Å². The van der Waals surface area contributed by atoms with Gasteiger partial charge in [-0.2, -0.15) is 0 Å². The smallest absolute Gasteiger partial charge is 0.280 e. The van der Waals surface area contributed by atoms with Gasteiger partial charge < -0.3 is 14.6 Å². The summed E-state index contributed by atoms with van der Waals surface area (Å²) in [6.07, 6.45) is 5.48. The number of fused-ring (bicyclic) bond motifs is 4. The quantitative estimate of drug-likeness (QED) is 0.294. The first-order valence-corrected chi connectivity index (χ1v) is 14.2. The summed E-state index contributed by atoms with van der Waals surface area (Å²) in [5, 5.41) is 3.78. The van der Waals surface area contributed by atoms with Crippen LogP contribution < -0.4 is 15.0 Å². The van der Waals surface area contributed by atoms with Crippen molar-refractivity contribution in [2.75, 3.05) is 17.3 Å². The normalized spacial score (nSPS) is 19.2. The largest absolute Gasteiger partial charge is 0.496 e. The number of nitrogens with zero attached hydrogens (tertiary/aromatic N) is 5. The van der Waals surface area contributed by atoms with Crippen molar-refractivity contribution in [1.29, 1.82) is 0 Å². The summed E-state index contributed by atoms with van der Waals surface area (Å²) in [5.74, 6) is 0.714. The van der Waals surface area contributed by atoms with E-state index in [-0.39, 0.29) is 11.7 Å². The SMILES string of the molecule is COc1cc(C2CC2)ncc1-c1nc2c(n1C(C)C)C1(C(=O)Nc3cc(Cl)ccc31)N(c1cc(Cl)cnc1C)C2=O. The summed E-state index contributed by atoms with van der Waals surface area (Å²) in [6.45, 7) is 5.76. The molecule has 1 atom stereocenters. The van der Waals surface area contributed by atoms with Crippen LogP contribution in [0.4, 0.5) is 11.4 Å². The number of imidazole rings is 1. The predicted molar refractivity (Wildman–Crippen MR) is 156 cm³/mol. The average molecular weight is 589 g/mol. The van der Waals surface area contributed by atoms with Crippen LogP contribution in [0.1, 0.15) is 71.8 Å². The Hall–Kier alpha value is -3.95. The molecule has 1 aromatic carbocycles. The van der Waals surface area contributed by atoms with Gasteiger partial charge in [0.25, 0.3) is 11.8 Å². The Labute approximate surface area is 246 Å². The van der Waals surface area contributed by atoms with Gasteiger partial charge in [-0.05, 0) is 51.8 Å². The van der Waals surface area contributed by atoms with Crippen molar-refractivity contribution < 1.29 is 14.3 Å². The van der Waals surface area contributed by atoms with E-state index in [1.807, 2.05) is 24.5 Å². The number of aromatic nitrogens is 4. The number of halogens is 2. The number of pyridine rings is 2. The van der Waals surface area contributed by atoms with Crippen LogP contribution >= 0.6 is 23.2 Å². The second-order valence-electron chi connectivity index (χ2n) is 10.9. The molecule has 2 amide bonds. The van der Waals surface area contributed by atoms with E-state index in [1.54, 1.807) is 44.5 Å². The van der Waals surface area contributed by atoms with E-state index >= 15 is 0 Å². The molecule has 1 N–H and O–H groups in total. The first kappa shape index (κ1) is 26.0. The Kier molecular flexibility index (Phi) is 5.72. The zero-order chi connectivity index (χ0) is 28.8. The molecule has 9 nitrogen and oxygen atoms in total. The highest BCUT2D eigenvalue weighted by Gasteiger charge is 2.64. The molecule has 208 valence electrons. The zero-order valence-electron chi connectivity index (χ0n) is 22.8. The third kappa shape index (κ3) is 3.58. The summed E-state index contributed by atoms with van der Waals surface area (Å²) >= 11 is 12.7. The van der Waals surface area contributed by atoms with Crippen LogP contribution in [0.2, 0.25) is 10.0 Å². The van der Waals surface area contributed by atoms with Gasteiger partial charge in [0.2, 0.25) is 0 Å². The molecule has 4 aromatic rings. The number of carbonyl (C=O) groups is 2. The van der Waals surface area contributed by atoms with Gasteiger partial charge in [0.15, 0.2) is 11.2 Å².